The first-order valence-electron chi connectivity index (χ1n) is 7.14. The van der Waals surface area contributed by atoms with Gasteiger partial charge in [-0.15, -0.1) is 0 Å². The third kappa shape index (κ3) is 1.72. The second-order valence-electron chi connectivity index (χ2n) is 5.76. The van der Waals surface area contributed by atoms with Crippen molar-refractivity contribution in [1.82, 2.24) is 0 Å². The zero-order chi connectivity index (χ0) is 15.4. The highest BCUT2D eigenvalue weighted by Gasteiger charge is 2.13. The molecule has 0 saturated carbocycles. The number of hydrogen-bond acceptors (Lipinski definition) is 3. The van der Waals surface area contributed by atoms with Crippen LogP contribution in [0.1, 0.15) is 11.1 Å². The predicted octanol–water partition coefficient (Wildman–Crippen LogP) is 4.42. The first kappa shape index (κ1) is 12.9. The summed E-state index contributed by atoms with van der Waals surface area (Å²) in [7, 11) is 0. The average molecular weight is 290 g/mol. The zero-order valence-electron chi connectivity index (χ0n) is 12.3. The Morgan fingerprint density at radius 3 is 2.18 bits per heavy atom. The number of hydrogen-bond donors (Lipinski definition) is 1. The summed E-state index contributed by atoms with van der Waals surface area (Å²) in [5.74, 6) is 0.122. The molecule has 4 aromatic rings. The van der Waals surface area contributed by atoms with Crippen molar-refractivity contribution in [3.63, 3.8) is 0 Å². The number of phenolic OH excluding ortho intramolecular Hbond substituents is 1. The van der Waals surface area contributed by atoms with Gasteiger partial charge in [0.2, 0.25) is 0 Å². The maximum absolute atomic E-state index is 12.2. The van der Waals surface area contributed by atoms with Gasteiger partial charge in [-0.2, -0.15) is 0 Å². The molecule has 108 valence electrons. The SMILES string of the molecule is Cc1ccc2c(c1)c(=O)oc1cc(O)c3ccc(C)cc3c12. The van der Waals surface area contributed by atoms with Gasteiger partial charge in [-0.05, 0) is 25.3 Å². The van der Waals surface area contributed by atoms with Gasteiger partial charge in [0.25, 0.3) is 0 Å². The molecule has 0 aliphatic heterocycles. The van der Waals surface area contributed by atoms with Crippen LogP contribution >= 0.6 is 0 Å². The maximum atomic E-state index is 12.2. The molecule has 3 heteroatoms. The van der Waals surface area contributed by atoms with E-state index >= 15 is 0 Å². The van der Waals surface area contributed by atoms with Gasteiger partial charge in [-0.25, -0.2) is 4.79 Å². The highest BCUT2D eigenvalue weighted by molar-refractivity contribution is 6.19. The summed E-state index contributed by atoms with van der Waals surface area (Å²) in [6.45, 7) is 3.95. The smallest absolute Gasteiger partial charge is 0.344 e. The lowest BCUT2D eigenvalue weighted by Crippen LogP contribution is -2.00. The van der Waals surface area contributed by atoms with Gasteiger partial charge in [0.15, 0.2) is 0 Å². The molecule has 4 rings (SSSR count). The molecule has 0 aliphatic rings. The summed E-state index contributed by atoms with van der Waals surface area (Å²) >= 11 is 0. The van der Waals surface area contributed by atoms with E-state index in [0.29, 0.717) is 11.0 Å². The fourth-order valence-corrected chi connectivity index (χ4v) is 3.05. The Hall–Kier alpha value is -2.81. The Balaban J connectivity index is 2.39. The van der Waals surface area contributed by atoms with Gasteiger partial charge in [0.1, 0.15) is 11.3 Å². The standard InChI is InChI=1S/C19H14O3/c1-10-3-5-12-14(7-10)18-13-6-4-11(2)8-15(13)19(21)22-17(18)9-16(12)20/h3-9,20H,1-2H3. The summed E-state index contributed by atoms with van der Waals surface area (Å²) < 4.78 is 5.44. The van der Waals surface area contributed by atoms with Crippen LogP contribution in [-0.2, 0) is 0 Å². The van der Waals surface area contributed by atoms with Crippen molar-refractivity contribution >= 4 is 32.5 Å². The molecule has 0 radical (unpaired) electrons. The van der Waals surface area contributed by atoms with E-state index in [2.05, 4.69) is 0 Å². The van der Waals surface area contributed by atoms with E-state index in [1.54, 1.807) is 0 Å². The number of rotatable bonds is 0. The normalized spacial score (nSPS) is 11.5. The number of aryl methyl sites for hydroxylation is 2. The molecule has 0 amide bonds. The van der Waals surface area contributed by atoms with Crippen LogP contribution in [0.2, 0.25) is 0 Å². The van der Waals surface area contributed by atoms with Crippen LogP contribution in [0, 0.1) is 13.8 Å². The minimum Gasteiger partial charge on any atom is -0.507 e. The molecule has 0 unspecified atom stereocenters. The van der Waals surface area contributed by atoms with Crippen LogP contribution in [0.15, 0.2) is 51.7 Å². The molecule has 0 bridgehead atoms. The van der Waals surface area contributed by atoms with Gasteiger partial charge in [-0.1, -0.05) is 41.5 Å². The average Bonchev–Trinajstić information content (AvgIpc) is 2.47. The lowest BCUT2D eigenvalue weighted by molar-refractivity contribution is 0.479. The number of phenols is 1. The minimum absolute atomic E-state index is 0.122. The first-order chi connectivity index (χ1) is 10.5. The van der Waals surface area contributed by atoms with Crippen molar-refractivity contribution < 1.29 is 9.52 Å². The van der Waals surface area contributed by atoms with Crippen molar-refractivity contribution in [3.8, 4) is 5.75 Å². The van der Waals surface area contributed by atoms with Crippen molar-refractivity contribution in [2.24, 2.45) is 0 Å². The molecular formula is C19H14O3. The van der Waals surface area contributed by atoms with E-state index in [9.17, 15) is 9.90 Å². The molecule has 1 aromatic heterocycles. The Kier molecular flexibility index (Phi) is 2.54. The number of aromatic hydroxyl groups is 1. The lowest BCUT2D eigenvalue weighted by atomic mass is 9.98. The molecular weight excluding hydrogens is 276 g/mol. The Bertz CT molecular complexity index is 1120. The highest BCUT2D eigenvalue weighted by Crippen LogP contribution is 2.36. The lowest BCUT2D eigenvalue weighted by Gasteiger charge is -2.09. The van der Waals surface area contributed by atoms with E-state index in [4.69, 9.17) is 4.42 Å². The monoisotopic (exact) mass is 290 g/mol. The molecule has 3 aromatic carbocycles. The van der Waals surface area contributed by atoms with Gasteiger partial charge in [0.05, 0.1) is 5.39 Å². The summed E-state index contributed by atoms with van der Waals surface area (Å²) in [5.41, 5.74) is 2.14. The topological polar surface area (TPSA) is 50.4 Å². The zero-order valence-corrected chi connectivity index (χ0v) is 12.3. The molecule has 22 heavy (non-hydrogen) atoms. The first-order valence-corrected chi connectivity index (χ1v) is 7.14. The second kappa shape index (κ2) is 4.34. The van der Waals surface area contributed by atoms with Gasteiger partial charge in [0, 0.05) is 22.2 Å². The Morgan fingerprint density at radius 2 is 1.45 bits per heavy atom. The van der Waals surface area contributed by atoms with Crippen molar-refractivity contribution in [1.29, 1.82) is 0 Å². The molecule has 1 heterocycles. The third-order valence-electron chi connectivity index (χ3n) is 4.10. The van der Waals surface area contributed by atoms with Crippen molar-refractivity contribution in [2.45, 2.75) is 13.8 Å². The summed E-state index contributed by atoms with van der Waals surface area (Å²) in [6.07, 6.45) is 0. The number of benzene rings is 3. The predicted molar refractivity (Wildman–Crippen MR) is 88.6 cm³/mol. The quantitative estimate of drug-likeness (QED) is 0.385. The van der Waals surface area contributed by atoms with E-state index < -0.39 is 0 Å². The van der Waals surface area contributed by atoms with Crippen LogP contribution < -0.4 is 5.63 Å². The second-order valence-corrected chi connectivity index (χ2v) is 5.76. The fraction of sp³-hybridized carbons (Fsp3) is 0.105. The van der Waals surface area contributed by atoms with Crippen LogP contribution in [-0.4, -0.2) is 5.11 Å². The van der Waals surface area contributed by atoms with Crippen LogP contribution in [0.4, 0.5) is 0 Å². The molecule has 0 fully saturated rings. The molecule has 1 N–H and O–H groups in total. The summed E-state index contributed by atoms with van der Waals surface area (Å²) in [6, 6.07) is 13.2. The van der Waals surface area contributed by atoms with E-state index in [1.807, 2.05) is 50.2 Å². The Labute approximate surface area is 126 Å². The Morgan fingerprint density at radius 1 is 0.818 bits per heavy atom. The van der Waals surface area contributed by atoms with Gasteiger partial charge in [-0.3, -0.25) is 0 Å². The van der Waals surface area contributed by atoms with Crippen molar-refractivity contribution in [3.05, 3.63) is 64.0 Å². The van der Waals surface area contributed by atoms with Crippen LogP contribution in [0.5, 0.6) is 5.75 Å². The largest absolute Gasteiger partial charge is 0.507 e. The third-order valence-corrected chi connectivity index (χ3v) is 4.10. The summed E-state index contributed by atoms with van der Waals surface area (Å²) in [5, 5.41) is 14.2. The van der Waals surface area contributed by atoms with E-state index in [-0.39, 0.29) is 11.4 Å². The maximum Gasteiger partial charge on any atom is 0.344 e. The number of fused-ring (bicyclic) bond motifs is 5. The van der Waals surface area contributed by atoms with E-state index in [1.165, 1.54) is 6.07 Å². The molecule has 0 aliphatic carbocycles. The van der Waals surface area contributed by atoms with Gasteiger partial charge < -0.3 is 9.52 Å². The van der Waals surface area contributed by atoms with Gasteiger partial charge >= 0.3 is 5.63 Å². The fourth-order valence-electron chi connectivity index (χ4n) is 3.05. The minimum atomic E-state index is -0.377. The highest BCUT2D eigenvalue weighted by atomic mass is 16.4. The summed E-state index contributed by atoms with van der Waals surface area (Å²) in [4.78, 5) is 12.2. The van der Waals surface area contributed by atoms with E-state index in [0.717, 1.165) is 32.7 Å². The van der Waals surface area contributed by atoms with Crippen molar-refractivity contribution in [2.75, 3.05) is 0 Å². The molecule has 0 spiro atoms. The molecule has 0 saturated heterocycles. The molecule has 3 nitrogen and oxygen atoms in total. The van der Waals surface area contributed by atoms with Crippen LogP contribution in [0.25, 0.3) is 32.5 Å². The van der Waals surface area contributed by atoms with Crippen LogP contribution in [0.3, 0.4) is 0 Å². The molecule has 0 atom stereocenters.